The number of rotatable bonds is 3. The second-order valence-corrected chi connectivity index (χ2v) is 4.55. The molecular weight excluding hydrogens is 226 g/mol. The van der Waals surface area contributed by atoms with Gasteiger partial charge in [0.2, 0.25) is 0 Å². The summed E-state index contributed by atoms with van der Waals surface area (Å²) in [6, 6.07) is 1.98. The number of hydrogen-bond acceptors (Lipinski definition) is 5. The second kappa shape index (κ2) is 5.40. The molecule has 16 heavy (non-hydrogen) atoms. The van der Waals surface area contributed by atoms with Gasteiger partial charge in [0, 0.05) is 19.6 Å². The van der Waals surface area contributed by atoms with Crippen LogP contribution >= 0.6 is 11.3 Å². The number of morpholine rings is 1. The second-order valence-electron chi connectivity index (χ2n) is 3.64. The average molecular weight is 241 g/mol. The molecule has 0 saturated carbocycles. The van der Waals surface area contributed by atoms with Gasteiger partial charge in [-0.25, -0.2) is 5.84 Å². The Kier molecular flexibility index (Phi) is 3.89. The van der Waals surface area contributed by atoms with E-state index in [1.54, 1.807) is 0 Å². The maximum Gasteiger partial charge on any atom is 0.275 e. The van der Waals surface area contributed by atoms with Crippen molar-refractivity contribution in [2.45, 2.75) is 6.54 Å². The largest absolute Gasteiger partial charge is 0.379 e. The third-order valence-electron chi connectivity index (χ3n) is 2.58. The SMILES string of the molecule is NNC(=O)c1sccc1CN1CCOCC1. The lowest BCUT2D eigenvalue weighted by Gasteiger charge is -2.26. The van der Waals surface area contributed by atoms with E-state index in [2.05, 4.69) is 10.3 Å². The van der Waals surface area contributed by atoms with Gasteiger partial charge in [0.1, 0.15) is 0 Å². The molecule has 3 N–H and O–H groups in total. The highest BCUT2D eigenvalue weighted by Gasteiger charge is 2.16. The molecule has 1 aromatic rings. The number of ether oxygens (including phenoxy) is 1. The first kappa shape index (κ1) is 11.5. The third kappa shape index (κ3) is 2.59. The van der Waals surface area contributed by atoms with Crippen molar-refractivity contribution >= 4 is 17.2 Å². The van der Waals surface area contributed by atoms with Gasteiger partial charge in [-0.1, -0.05) is 0 Å². The number of nitrogens with zero attached hydrogens (tertiary/aromatic N) is 1. The lowest BCUT2D eigenvalue weighted by Crippen LogP contribution is -2.36. The van der Waals surface area contributed by atoms with Crippen molar-refractivity contribution in [1.29, 1.82) is 0 Å². The molecule has 0 spiro atoms. The third-order valence-corrected chi connectivity index (χ3v) is 3.54. The van der Waals surface area contributed by atoms with E-state index in [4.69, 9.17) is 10.6 Å². The highest BCUT2D eigenvalue weighted by molar-refractivity contribution is 7.12. The zero-order valence-electron chi connectivity index (χ0n) is 8.94. The maximum atomic E-state index is 11.5. The van der Waals surface area contributed by atoms with Crippen molar-refractivity contribution in [1.82, 2.24) is 10.3 Å². The predicted octanol–water partition coefficient (Wildman–Crippen LogP) is 0.184. The maximum absolute atomic E-state index is 11.5. The Morgan fingerprint density at radius 2 is 2.31 bits per heavy atom. The van der Waals surface area contributed by atoms with Crippen molar-refractivity contribution in [3.05, 3.63) is 21.9 Å². The fraction of sp³-hybridized carbons (Fsp3) is 0.500. The van der Waals surface area contributed by atoms with Crippen LogP contribution in [0, 0.1) is 0 Å². The minimum atomic E-state index is -0.210. The summed E-state index contributed by atoms with van der Waals surface area (Å²) in [6.45, 7) is 4.15. The fourth-order valence-electron chi connectivity index (χ4n) is 1.73. The number of carbonyl (C=O) groups excluding carboxylic acids is 1. The van der Waals surface area contributed by atoms with Gasteiger partial charge >= 0.3 is 0 Å². The van der Waals surface area contributed by atoms with E-state index in [0.29, 0.717) is 4.88 Å². The van der Waals surface area contributed by atoms with Crippen LogP contribution in [0.3, 0.4) is 0 Å². The van der Waals surface area contributed by atoms with E-state index in [1.807, 2.05) is 11.4 Å². The highest BCUT2D eigenvalue weighted by Crippen LogP contribution is 2.18. The van der Waals surface area contributed by atoms with Crippen LogP contribution in [0.5, 0.6) is 0 Å². The molecule has 88 valence electrons. The molecule has 0 bridgehead atoms. The molecule has 2 rings (SSSR count). The average Bonchev–Trinajstić information content (AvgIpc) is 2.77. The Labute approximate surface area is 98.2 Å². The van der Waals surface area contributed by atoms with Gasteiger partial charge in [0.05, 0.1) is 18.1 Å². The fourth-order valence-corrected chi connectivity index (χ4v) is 2.54. The molecule has 1 aliphatic heterocycles. The summed E-state index contributed by atoms with van der Waals surface area (Å²) in [6.07, 6.45) is 0. The molecule has 5 nitrogen and oxygen atoms in total. The molecular formula is C10H15N3O2S. The summed E-state index contributed by atoms with van der Waals surface area (Å²) < 4.78 is 5.28. The first-order chi connectivity index (χ1) is 7.81. The summed E-state index contributed by atoms with van der Waals surface area (Å²) in [4.78, 5) is 14.4. The first-order valence-electron chi connectivity index (χ1n) is 5.18. The molecule has 0 radical (unpaired) electrons. The highest BCUT2D eigenvalue weighted by atomic mass is 32.1. The molecule has 1 amide bonds. The number of amides is 1. The zero-order chi connectivity index (χ0) is 11.4. The molecule has 0 aromatic carbocycles. The molecule has 6 heteroatoms. The number of hydrogen-bond donors (Lipinski definition) is 2. The number of thiophene rings is 1. The minimum absolute atomic E-state index is 0.210. The van der Waals surface area contributed by atoms with Crippen molar-refractivity contribution in [3.8, 4) is 0 Å². The Bertz CT molecular complexity index is 361. The van der Waals surface area contributed by atoms with Crippen LogP contribution in [-0.4, -0.2) is 37.1 Å². The summed E-state index contributed by atoms with van der Waals surface area (Å²) in [5.74, 6) is 4.93. The van der Waals surface area contributed by atoms with Gasteiger partial charge in [0.15, 0.2) is 0 Å². The number of hydrazine groups is 1. The Morgan fingerprint density at radius 3 is 3.00 bits per heavy atom. The van der Waals surface area contributed by atoms with Gasteiger partial charge in [-0.2, -0.15) is 0 Å². The lowest BCUT2D eigenvalue weighted by molar-refractivity contribution is 0.0341. The number of nitrogens with one attached hydrogen (secondary N) is 1. The molecule has 0 aliphatic carbocycles. The van der Waals surface area contributed by atoms with E-state index in [1.165, 1.54) is 11.3 Å². The van der Waals surface area contributed by atoms with E-state index in [-0.39, 0.29) is 5.91 Å². The first-order valence-corrected chi connectivity index (χ1v) is 6.06. The molecule has 0 unspecified atom stereocenters. The van der Waals surface area contributed by atoms with Crippen LogP contribution in [0.4, 0.5) is 0 Å². The van der Waals surface area contributed by atoms with Gasteiger partial charge in [-0.3, -0.25) is 15.1 Å². The molecule has 1 aliphatic rings. The summed E-state index contributed by atoms with van der Waals surface area (Å²) in [5, 5.41) is 1.92. The monoisotopic (exact) mass is 241 g/mol. The summed E-state index contributed by atoms with van der Waals surface area (Å²) >= 11 is 1.42. The van der Waals surface area contributed by atoms with Crippen LogP contribution in [-0.2, 0) is 11.3 Å². The molecule has 0 atom stereocenters. The van der Waals surface area contributed by atoms with Gasteiger partial charge in [-0.05, 0) is 17.0 Å². The Hall–Kier alpha value is -0.950. The van der Waals surface area contributed by atoms with Crippen LogP contribution in [0.1, 0.15) is 15.2 Å². The molecule has 2 heterocycles. The number of nitrogen functional groups attached to an aromatic ring is 1. The lowest BCUT2D eigenvalue weighted by atomic mass is 10.2. The molecule has 1 fully saturated rings. The van der Waals surface area contributed by atoms with Gasteiger partial charge in [-0.15, -0.1) is 11.3 Å². The Balaban J connectivity index is 2.03. The summed E-state index contributed by atoms with van der Waals surface area (Å²) in [7, 11) is 0. The van der Waals surface area contributed by atoms with Crippen LogP contribution in [0.25, 0.3) is 0 Å². The van der Waals surface area contributed by atoms with Gasteiger partial charge < -0.3 is 4.74 Å². The van der Waals surface area contributed by atoms with Crippen LogP contribution in [0.2, 0.25) is 0 Å². The quantitative estimate of drug-likeness (QED) is 0.450. The van der Waals surface area contributed by atoms with Gasteiger partial charge in [0.25, 0.3) is 5.91 Å². The predicted molar refractivity (Wildman–Crippen MR) is 62.1 cm³/mol. The summed E-state index contributed by atoms with van der Waals surface area (Å²) in [5.41, 5.74) is 3.21. The molecule has 1 saturated heterocycles. The minimum Gasteiger partial charge on any atom is -0.379 e. The Morgan fingerprint density at radius 1 is 1.56 bits per heavy atom. The van der Waals surface area contributed by atoms with Crippen molar-refractivity contribution in [2.75, 3.05) is 26.3 Å². The van der Waals surface area contributed by atoms with Crippen LogP contribution in [0.15, 0.2) is 11.4 Å². The smallest absolute Gasteiger partial charge is 0.275 e. The topological polar surface area (TPSA) is 67.6 Å². The van der Waals surface area contributed by atoms with Crippen molar-refractivity contribution in [3.63, 3.8) is 0 Å². The van der Waals surface area contributed by atoms with E-state index in [0.717, 1.165) is 38.4 Å². The molecule has 1 aromatic heterocycles. The van der Waals surface area contributed by atoms with Crippen LogP contribution < -0.4 is 11.3 Å². The zero-order valence-corrected chi connectivity index (χ0v) is 9.76. The number of nitrogens with two attached hydrogens (primary N) is 1. The number of carbonyl (C=O) groups is 1. The van der Waals surface area contributed by atoms with Crippen molar-refractivity contribution < 1.29 is 9.53 Å². The normalized spacial score (nSPS) is 17.3. The standard InChI is InChI=1S/C10H15N3O2S/c11-12-10(14)9-8(1-6-16-9)7-13-2-4-15-5-3-13/h1,6H,2-5,7,11H2,(H,12,14). The van der Waals surface area contributed by atoms with Crippen molar-refractivity contribution in [2.24, 2.45) is 5.84 Å². The van der Waals surface area contributed by atoms with E-state index < -0.39 is 0 Å². The van der Waals surface area contributed by atoms with E-state index >= 15 is 0 Å². The van der Waals surface area contributed by atoms with E-state index in [9.17, 15) is 4.79 Å².